The van der Waals surface area contributed by atoms with E-state index < -0.39 is 16.1 Å². The van der Waals surface area contributed by atoms with Crippen LogP contribution in [-0.2, 0) is 34.3 Å². The Bertz CT molecular complexity index is 1580. The molecule has 0 saturated carbocycles. The normalized spacial score (nSPS) is 20.0. The van der Waals surface area contributed by atoms with Crippen molar-refractivity contribution in [2.75, 3.05) is 47.8 Å². The smallest absolute Gasteiger partial charge is 0.283 e. The van der Waals surface area contributed by atoms with Gasteiger partial charge >= 0.3 is 0 Å². The van der Waals surface area contributed by atoms with Crippen molar-refractivity contribution < 1.29 is 18.0 Å². The van der Waals surface area contributed by atoms with E-state index in [0.29, 0.717) is 23.1 Å². The molecule has 2 aliphatic heterocycles. The highest BCUT2D eigenvalue weighted by molar-refractivity contribution is 7.91. The number of nitrogens with zero attached hydrogens (tertiary/aromatic N) is 5. The first kappa shape index (κ1) is 30.3. The maximum Gasteiger partial charge on any atom is 0.283 e. The van der Waals surface area contributed by atoms with Gasteiger partial charge in [0.25, 0.3) is 15.9 Å². The van der Waals surface area contributed by atoms with Gasteiger partial charge in [-0.1, -0.05) is 17.7 Å². The molecule has 10 nitrogen and oxygen atoms in total. The molecule has 1 fully saturated rings. The minimum atomic E-state index is -3.93. The summed E-state index contributed by atoms with van der Waals surface area (Å²) in [7, 11) is 3.19. The van der Waals surface area contributed by atoms with Crippen LogP contribution in [0.2, 0.25) is 5.02 Å². The van der Waals surface area contributed by atoms with Gasteiger partial charge in [-0.05, 0) is 38.5 Å². The third kappa shape index (κ3) is 6.17. The summed E-state index contributed by atoms with van der Waals surface area (Å²) in [6, 6.07) is 5.09. The van der Waals surface area contributed by atoms with Gasteiger partial charge < -0.3 is 20.0 Å². The van der Waals surface area contributed by atoms with Gasteiger partial charge in [0.05, 0.1) is 11.7 Å². The van der Waals surface area contributed by atoms with Crippen molar-refractivity contribution in [3.05, 3.63) is 44.4 Å². The van der Waals surface area contributed by atoms with E-state index >= 15 is 0 Å². The molecule has 2 aliphatic rings. The molecule has 41 heavy (non-hydrogen) atoms. The second-order valence-electron chi connectivity index (χ2n) is 11.1. The van der Waals surface area contributed by atoms with Crippen LogP contribution in [0.4, 0.5) is 0 Å². The summed E-state index contributed by atoms with van der Waals surface area (Å²) in [5.74, 6) is -0.427. The number of nitrogens with one attached hydrogen (secondary N) is 1. The average Bonchev–Trinajstić information content (AvgIpc) is 3.49. The first-order valence-electron chi connectivity index (χ1n) is 13.4. The zero-order chi connectivity index (χ0) is 29.6. The molecule has 2 aromatic heterocycles. The summed E-state index contributed by atoms with van der Waals surface area (Å²) in [6.07, 6.45) is 0.768. The molecule has 2 atom stereocenters. The molecular weight excluding hydrogens is 604 g/mol. The van der Waals surface area contributed by atoms with Crippen LogP contribution in [-0.4, -0.2) is 104 Å². The molecule has 0 spiro atoms. The number of carbonyl (C=O) groups excluding carboxylic acids is 2. The Labute approximate surface area is 253 Å². The van der Waals surface area contributed by atoms with Gasteiger partial charge in [-0.2, -0.15) is 4.31 Å². The van der Waals surface area contributed by atoms with Crippen LogP contribution in [0.3, 0.4) is 0 Å². The Morgan fingerprint density at radius 2 is 1.93 bits per heavy atom. The molecule has 4 heterocycles. The van der Waals surface area contributed by atoms with Crippen LogP contribution >= 0.6 is 34.3 Å². The molecule has 14 heteroatoms. The summed E-state index contributed by atoms with van der Waals surface area (Å²) in [6.45, 7) is 3.52. The van der Waals surface area contributed by atoms with Crippen LogP contribution in [0.5, 0.6) is 0 Å². The quantitative estimate of drug-likeness (QED) is 0.424. The molecule has 3 aromatic rings. The molecule has 1 saturated heterocycles. The van der Waals surface area contributed by atoms with Crippen LogP contribution in [0.15, 0.2) is 22.4 Å². The monoisotopic (exact) mass is 638 g/mol. The fraction of sp³-hybridized carbons (Fsp3) is 0.519. The summed E-state index contributed by atoms with van der Waals surface area (Å²) < 4.78 is 30.9. The topological polar surface area (TPSA) is 106 Å². The maximum atomic E-state index is 14.2. The van der Waals surface area contributed by atoms with Crippen LogP contribution in [0.25, 0.3) is 10.1 Å². The first-order valence-corrected chi connectivity index (χ1v) is 16.9. The molecule has 2 amide bonds. The molecule has 2 unspecified atom stereocenters. The highest BCUT2D eigenvalue weighted by Gasteiger charge is 2.40. The van der Waals surface area contributed by atoms with Crippen molar-refractivity contribution >= 4 is 66.2 Å². The number of sulfonamides is 1. The largest absolute Gasteiger partial charge is 0.349 e. The molecule has 1 aromatic carbocycles. The molecule has 0 aliphatic carbocycles. The van der Waals surface area contributed by atoms with E-state index in [0.717, 1.165) is 32.6 Å². The third-order valence-corrected chi connectivity index (χ3v) is 12.4. The predicted molar refractivity (Wildman–Crippen MR) is 163 cm³/mol. The van der Waals surface area contributed by atoms with Gasteiger partial charge in [-0.3, -0.25) is 9.59 Å². The number of aromatic nitrogens is 1. The standard InChI is InChI=1S/C27H35ClN6O4S3/c1-16-10-21-23(13-29-16)39-25(30-21)26(36)34-9-8-33(14-18(34)12-24(35)32(4)5)41(37,38)27-20(15-31(2)3)19-7-6-17(28)11-22(19)40-27/h6-7,11,16,18,29H,8-10,12-15H2,1-5H3. The maximum absolute atomic E-state index is 14.2. The van der Waals surface area contributed by atoms with E-state index in [2.05, 4.69) is 17.2 Å². The molecule has 0 radical (unpaired) electrons. The van der Waals surface area contributed by atoms with E-state index in [9.17, 15) is 18.0 Å². The third-order valence-electron chi connectivity index (χ3n) is 7.45. The number of benzene rings is 1. The minimum Gasteiger partial charge on any atom is -0.349 e. The number of fused-ring (bicyclic) bond motifs is 2. The van der Waals surface area contributed by atoms with Crippen LogP contribution < -0.4 is 5.32 Å². The molecular formula is C27H35ClN6O4S3. The Morgan fingerprint density at radius 1 is 1.17 bits per heavy atom. The lowest BCUT2D eigenvalue weighted by Crippen LogP contribution is -2.57. The van der Waals surface area contributed by atoms with Gasteiger partial charge in [0, 0.05) is 85.9 Å². The van der Waals surface area contributed by atoms with Gasteiger partial charge in [-0.25, -0.2) is 13.4 Å². The van der Waals surface area contributed by atoms with E-state index in [1.165, 1.54) is 31.9 Å². The Balaban J connectivity index is 1.46. The first-order chi connectivity index (χ1) is 19.3. The Hall–Kier alpha value is -2.13. The zero-order valence-electron chi connectivity index (χ0n) is 23.8. The number of thiophene rings is 1. The minimum absolute atomic E-state index is 0.0149. The SMILES string of the molecule is CC1Cc2nc(C(=O)N3CCN(S(=O)(=O)c4sc5cc(Cl)ccc5c4CN(C)C)CC3CC(=O)N(C)C)sc2CN1. The number of thiazole rings is 1. The van der Waals surface area contributed by atoms with E-state index in [1.807, 2.05) is 25.1 Å². The lowest BCUT2D eigenvalue weighted by Gasteiger charge is -2.40. The van der Waals surface area contributed by atoms with Crippen molar-refractivity contribution in [1.29, 1.82) is 0 Å². The lowest BCUT2D eigenvalue weighted by atomic mass is 10.1. The predicted octanol–water partition coefficient (Wildman–Crippen LogP) is 3.10. The number of hydrogen-bond donors (Lipinski definition) is 1. The molecule has 222 valence electrons. The second kappa shape index (κ2) is 11.9. The molecule has 0 bridgehead atoms. The number of carbonyl (C=O) groups is 2. The fourth-order valence-corrected chi connectivity index (χ4v) is 9.92. The van der Waals surface area contributed by atoms with Crippen LogP contribution in [0.1, 0.15) is 39.3 Å². The van der Waals surface area contributed by atoms with Crippen molar-refractivity contribution in [3.8, 4) is 0 Å². The highest BCUT2D eigenvalue weighted by Crippen LogP contribution is 2.39. The number of piperazine rings is 1. The summed E-state index contributed by atoms with van der Waals surface area (Å²) in [4.78, 5) is 37.4. The van der Waals surface area contributed by atoms with E-state index in [4.69, 9.17) is 11.6 Å². The van der Waals surface area contributed by atoms with Crippen molar-refractivity contribution in [2.24, 2.45) is 0 Å². The van der Waals surface area contributed by atoms with E-state index in [-0.39, 0.29) is 48.1 Å². The Kier molecular flexibility index (Phi) is 8.78. The fourth-order valence-electron chi connectivity index (χ4n) is 5.29. The number of amides is 2. The van der Waals surface area contributed by atoms with Gasteiger partial charge in [0.15, 0.2) is 5.01 Å². The number of rotatable bonds is 7. The van der Waals surface area contributed by atoms with Crippen LogP contribution in [0, 0.1) is 0 Å². The van der Waals surface area contributed by atoms with E-state index in [1.54, 1.807) is 31.1 Å². The lowest BCUT2D eigenvalue weighted by molar-refractivity contribution is -0.130. The van der Waals surface area contributed by atoms with Crippen molar-refractivity contribution in [1.82, 2.24) is 29.3 Å². The van der Waals surface area contributed by atoms with Gasteiger partial charge in [0.2, 0.25) is 5.91 Å². The molecule has 5 rings (SSSR count). The van der Waals surface area contributed by atoms with Gasteiger partial charge in [-0.15, -0.1) is 22.7 Å². The van der Waals surface area contributed by atoms with Crippen molar-refractivity contribution in [3.63, 3.8) is 0 Å². The summed E-state index contributed by atoms with van der Waals surface area (Å²) in [5.41, 5.74) is 1.66. The molecule has 1 N–H and O–H groups in total. The average molecular weight is 639 g/mol. The summed E-state index contributed by atoms with van der Waals surface area (Å²) in [5, 5.41) is 5.19. The zero-order valence-corrected chi connectivity index (χ0v) is 27.0. The summed E-state index contributed by atoms with van der Waals surface area (Å²) >= 11 is 8.82. The Morgan fingerprint density at radius 3 is 2.63 bits per heavy atom. The number of hydrogen-bond acceptors (Lipinski definition) is 9. The number of halogens is 1. The van der Waals surface area contributed by atoms with Gasteiger partial charge in [0.1, 0.15) is 4.21 Å². The van der Waals surface area contributed by atoms with Crippen molar-refractivity contribution in [2.45, 2.75) is 49.1 Å². The highest BCUT2D eigenvalue weighted by atomic mass is 35.5. The second-order valence-corrected chi connectivity index (χ2v) is 15.8.